The second kappa shape index (κ2) is 9.86. The number of aromatic nitrogens is 5. The van der Waals surface area contributed by atoms with Crippen LogP contribution in [0.1, 0.15) is 0 Å². The van der Waals surface area contributed by atoms with E-state index in [0.29, 0.717) is 5.95 Å². The first kappa shape index (κ1) is 26.3. The molecule has 3 aromatic heterocycles. The van der Waals surface area contributed by atoms with Gasteiger partial charge in [0.05, 0.1) is 38.7 Å². The standard InChI is InChI=1S/C43H25N5O/c1-3-12-26(13-4-1)42-45-39-29-22-23-30-28-16-7-9-19-34(28)48(41(30)31(29)24-25-35(39)47(42)27-14-5-2-6-15-27)43-44-33-18-11-21-37-38(33)40(46-43)32-17-8-10-20-36(32)49-37/h1-25H. The molecule has 0 atom stereocenters. The van der Waals surface area contributed by atoms with Gasteiger partial charge >= 0.3 is 0 Å². The third-order valence-electron chi connectivity index (χ3n) is 9.73. The van der Waals surface area contributed by atoms with Crippen LogP contribution in [-0.4, -0.2) is 24.1 Å². The highest BCUT2D eigenvalue weighted by Gasteiger charge is 2.25. The number of para-hydroxylation sites is 3. The van der Waals surface area contributed by atoms with E-state index < -0.39 is 0 Å². The molecule has 10 aromatic rings. The van der Waals surface area contributed by atoms with Crippen LogP contribution in [0.15, 0.2) is 152 Å². The van der Waals surface area contributed by atoms with E-state index in [0.717, 1.165) is 94.3 Å². The summed E-state index contributed by atoms with van der Waals surface area (Å²) in [5, 5.41) is 5.38. The van der Waals surface area contributed by atoms with Crippen LogP contribution >= 0.6 is 0 Å². The number of fused-ring (bicyclic) bond motifs is 9. The van der Waals surface area contributed by atoms with Crippen LogP contribution in [0.3, 0.4) is 0 Å². The fraction of sp³-hybridized carbons (Fsp3) is 0. The fourth-order valence-electron chi connectivity index (χ4n) is 7.62. The van der Waals surface area contributed by atoms with Gasteiger partial charge in [0.25, 0.3) is 0 Å². The van der Waals surface area contributed by atoms with E-state index >= 15 is 0 Å². The van der Waals surface area contributed by atoms with Crippen LogP contribution in [0, 0.1) is 0 Å². The molecule has 0 unspecified atom stereocenters. The number of ether oxygens (including phenoxy) is 1. The minimum atomic E-state index is 0.620. The summed E-state index contributed by atoms with van der Waals surface area (Å²) in [5.41, 5.74) is 8.91. The molecule has 1 aliphatic rings. The summed E-state index contributed by atoms with van der Waals surface area (Å²) in [6, 6.07) is 52.4. The molecular formula is C43H25N5O. The lowest BCUT2D eigenvalue weighted by atomic mass is 10.0. The topological polar surface area (TPSA) is 57.8 Å². The molecule has 7 aromatic carbocycles. The van der Waals surface area contributed by atoms with Gasteiger partial charge in [-0.15, -0.1) is 0 Å². The highest BCUT2D eigenvalue weighted by Crippen LogP contribution is 2.46. The molecule has 11 rings (SSSR count). The van der Waals surface area contributed by atoms with Gasteiger partial charge in [-0.25, -0.2) is 15.0 Å². The van der Waals surface area contributed by atoms with E-state index in [1.165, 1.54) is 0 Å². The highest BCUT2D eigenvalue weighted by atomic mass is 16.5. The lowest BCUT2D eigenvalue weighted by molar-refractivity contribution is 0.486. The van der Waals surface area contributed by atoms with Crippen molar-refractivity contribution in [3.05, 3.63) is 152 Å². The second-order valence-electron chi connectivity index (χ2n) is 12.4. The summed E-state index contributed by atoms with van der Waals surface area (Å²) in [5.74, 6) is 3.10. The molecule has 0 spiro atoms. The molecular weight excluding hydrogens is 603 g/mol. The number of rotatable bonds is 3. The number of hydrogen-bond acceptors (Lipinski definition) is 4. The Hall–Kier alpha value is -6.79. The Kier molecular flexibility index (Phi) is 5.29. The largest absolute Gasteiger partial charge is 0.456 e. The Morgan fingerprint density at radius 2 is 1.18 bits per heavy atom. The SMILES string of the molecule is c1ccc(-c2nc3c4ccc5c6ccccc6n(-c6nc7c8c(cccc8n6)Oc6ccccc6-7)c5c4ccc3n2-c2ccccc2)cc1. The van der Waals surface area contributed by atoms with E-state index in [2.05, 4.69) is 112 Å². The molecule has 0 fully saturated rings. The van der Waals surface area contributed by atoms with Crippen molar-refractivity contribution in [1.82, 2.24) is 24.1 Å². The summed E-state index contributed by atoms with van der Waals surface area (Å²) in [6.07, 6.45) is 0. The zero-order valence-electron chi connectivity index (χ0n) is 26.1. The van der Waals surface area contributed by atoms with Gasteiger partial charge in [0.2, 0.25) is 5.95 Å². The average molecular weight is 628 g/mol. The molecule has 49 heavy (non-hydrogen) atoms. The van der Waals surface area contributed by atoms with Crippen molar-refractivity contribution in [2.45, 2.75) is 0 Å². The normalized spacial score (nSPS) is 12.2. The summed E-state index contributed by atoms with van der Waals surface area (Å²) in [6.45, 7) is 0. The third kappa shape index (κ3) is 3.68. The highest BCUT2D eigenvalue weighted by molar-refractivity contribution is 6.22. The summed E-state index contributed by atoms with van der Waals surface area (Å²) in [4.78, 5) is 15.9. The van der Waals surface area contributed by atoms with Crippen molar-refractivity contribution >= 4 is 54.5 Å². The van der Waals surface area contributed by atoms with Gasteiger partial charge in [-0.2, -0.15) is 0 Å². The Morgan fingerprint density at radius 3 is 2.08 bits per heavy atom. The smallest absolute Gasteiger partial charge is 0.235 e. The Bertz CT molecular complexity index is 2960. The molecule has 6 heteroatoms. The predicted octanol–water partition coefficient (Wildman–Crippen LogP) is 10.7. The molecule has 0 radical (unpaired) electrons. The minimum absolute atomic E-state index is 0.620. The summed E-state index contributed by atoms with van der Waals surface area (Å²) < 4.78 is 10.8. The molecule has 4 heterocycles. The third-order valence-corrected chi connectivity index (χ3v) is 9.73. The van der Waals surface area contributed by atoms with Gasteiger partial charge < -0.3 is 4.74 Å². The zero-order valence-corrected chi connectivity index (χ0v) is 26.1. The van der Waals surface area contributed by atoms with Gasteiger partial charge in [-0.3, -0.25) is 9.13 Å². The van der Waals surface area contributed by atoms with Crippen molar-refractivity contribution in [3.63, 3.8) is 0 Å². The second-order valence-corrected chi connectivity index (χ2v) is 12.4. The van der Waals surface area contributed by atoms with Crippen LogP contribution in [0.25, 0.3) is 88.8 Å². The maximum Gasteiger partial charge on any atom is 0.235 e. The Morgan fingerprint density at radius 1 is 0.469 bits per heavy atom. The minimum Gasteiger partial charge on any atom is -0.456 e. The first-order valence-electron chi connectivity index (χ1n) is 16.4. The lowest BCUT2D eigenvalue weighted by Gasteiger charge is -2.21. The number of imidazole rings is 1. The fourth-order valence-corrected chi connectivity index (χ4v) is 7.62. The van der Waals surface area contributed by atoms with Crippen LogP contribution in [-0.2, 0) is 0 Å². The molecule has 0 bridgehead atoms. The van der Waals surface area contributed by atoms with Crippen molar-refractivity contribution in [3.8, 4) is 45.8 Å². The molecule has 0 aliphatic carbocycles. The molecule has 0 saturated carbocycles. The van der Waals surface area contributed by atoms with Crippen molar-refractivity contribution in [2.75, 3.05) is 0 Å². The van der Waals surface area contributed by atoms with Gasteiger partial charge in [0, 0.05) is 38.4 Å². The van der Waals surface area contributed by atoms with Crippen molar-refractivity contribution in [2.24, 2.45) is 0 Å². The van der Waals surface area contributed by atoms with E-state index in [1.807, 2.05) is 48.5 Å². The van der Waals surface area contributed by atoms with E-state index in [1.54, 1.807) is 0 Å². The predicted molar refractivity (Wildman–Crippen MR) is 197 cm³/mol. The lowest BCUT2D eigenvalue weighted by Crippen LogP contribution is -2.06. The molecule has 1 aliphatic heterocycles. The molecule has 0 N–H and O–H groups in total. The number of hydrogen-bond donors (Lipinski definition) is 0. The van der Waals surface area contributed by atoms with Gasteiger partial charge in [-0.05, 0) is 48.5 Å². The molecule has 228 valence electrons. The first-order chi connectivity index (χ1) is 24.3. The van der Waals surface area contributed by atoms with Crippen molar-refractivity contribution < 1.29 is 4.74 Å². The van der Waals surface area contributed by atoms with Gasteiger partial charge in [0.1, 0.15) is 17.3 Å². The van der Waals surface area contributed by atoms with E-state index in [-0.39, 0.29) is 0 Å². The maximum absolute atomic E-state index is 6.30. The van der Waals surface area contributed by atoms with Gasteiger partial charge in [0.15, 0.2) is 0 Å². The summed E-state index contributed by atoms with van der Waals surface area (Å²) >= 11 is 0. The Labute approximate surface area is 280 Å². The monoisotopic (exact) mass is 627 g/mol. The van der Waals surface area contributed by atoms with Crippen molar-refractivity contribution in [1.29, 1.82) is 0 Å². The number of nitrogens with zero attached hydrogens (tertiary/aromatic N) is 5. The van der Waals surface area contributed by atoms with Crippen LogP contribution in [0.2, 0.25) is 0 Å². The van der Waals surface area contributed by atoms with E-state index in [4.69, 9.17) is 19.7 Å². The summed E-state index contributed by atoms with van der Waals surface area (Å²) in [7, 11) is 0. The Balaban J connectivity index is 1.26. The number of benzene rings is 7. The zero-order chi connectivity index (χ0) is 32.1. The first-order valence-corrected chi connectivity index (χ1v) is 16.4. The van der Waals surface area contributed by atoms with Crippen LogP contribution < -0.4 is 4.74 Å². The van der Waals surface area contributed by atoms with Crippen LogP contribution in [0.5, 0.6) is 11.5 Å². The maximum atomic E-state index is 6.30. The van der Waals surface area contributed by atoms with E-state index in [9.17, 15) is 0 Å². The molecule has 0 saturated heterocycles. The van der Waals surface area contributed by atoms with Gasteiger partial charge in [-0.1, -0.05) is 103 Å². The average Bonchev–Trinajstić information content (AvgIpc) is 3.72. The molecule has 6 nitrogen and oxygen atoms in total. The molecule has 0 amide bonds. The quantitative estimate of drug-likeness (QED) is 0.196. The van der Waals surface area contributed by atoms with Crippen LogP contribution in [0.4, 0.5) is 0 Å².